The van der Waals surface area contributed by atoms with Crippen LogP contribution in [0.15, 0.2) is 18.2 Å². The number of sulfonamides is 1. The van der Waals surface area contributed by atoms with Gasteiger partial charge in [-0.2, -0.15) is 0 Å². The summed E-state index contributed by atoms with van der Waals surface area (Å²) in [6.45, 7) is 0.640. The van der Waals surface area contributed by atoms with Crippen molar-refractivity contribution in [3.63, 3.8) is 0 Å². The molecule has 8 heteroatoms. The number of pyridine rings is 1. The number of nitrogens with one attached hydrogen (secondary N) is 2. The Morgan fingerprint density at radius 3 is 2.72 bits per heavy atom. The highest BCUT2D eigenvalue weighted by atomic mass is 32.2. The molecular formula is C10H16N4O3S. The third-order valence-electron chi connectivity index (χ3n) is 2.01. The van der Waals surface area contributed by atoms with E-state index in [0.29, 0.717) is 13.0 Å². The van der Waals surface area contributed by atoms with Crippen LogP contribution in [0.2, 0.25) is 0 Å². The highest BCUT2D eigenvalue weighted by molar-refractivity contribution is 7.88. The number of carbonyl (C=O) groups is 1. The lowest BCUT2D eigenvalue weighted by molar-refractivity contribution is 0.0948. The fourth-order valence-electron chi connectivity index (χ4n) is 1.22. The molecule has 0 saturated carbocycles. The van der Waals surface area contributed by atoms with Gasteiger partial charge in [-0.25, -0.2) is 18.1 Å². The van der Waals surface area contributed by atoms with Crippen molar-refractivity contribution < 1.29 is 13.2 Å². The first-order valence-corrected chi connectivity index (χ1v) is 7.23. The van der Waals surface area contributed by atoms with Gasteiger partial charge in [-0.05, 0) is 18.6 Å². The van der Waals surface area contributed by atoms with E-state index in [4.69, 9.17) is 5.73 Å². The van der Waals surface area contributed by atoms with Crippen LogP contribution in [0.5, 0.6) is 0 Å². The minimum atomic E-state index is -3.17. The van der Waals surface area contributed by atoms with Gasteiger partial charge in [0.2, 0.25) is 10.0 Å². The molecule has 0 aliphatic rings. The molecule has 4 N–H and O–H groups in total. The second kappa shape index (κ2) is 6.31. The molecule has 0 radical (unpaired) electrons. The van der Waals surface area contributed by atoms with Crippen LogP contribution in [0.1, 0.15) is 16.9 Å². The molecule has 1 rings (SSSR count). The van der Waals surface area contributed by atoms with E-state index in [1.165, 1.54) is 0 Å². The van der Waals surface area contributed by atoms with Crippen LogP contribution in [0.3, 0.4) is 0 Å². The molecule has 1 aromatic rings. The Balaban J connectivity index is 2.30. The Labute approximate surface area is 106 Å². The molecule has 0 bridgehead atoms. The molecule has 100 valence electrons. The predicted octanol–water partition coefficient (Wildman–Crippen LogP) is -0.667. The summed E-state index contributed by atoms with van der Waals surface area (Å²) < 4.78 is 23.9. The zero-order chi connectivity index (χ0) is 13.6. The van der Waals surface area contributed by atoms with Crippen LogP contribution >= 0.6 is 0 Å². The predicted molar refractivity (Wildman–Crippen MR) is 68.4 cm³/mol. The number of amides is 1. The van der Waals surface area contributed by atoms with Crippen LogP contribution in [0.4, 0.5) is 5.82 Å². The molecule has 0 unspecified atom stereocenters. The van der Waals surface area contributed by atoms with Crippen LogP contribution in [-0.4, -0.2) is 38.7 Å². The number of anilines is 1. The van der Waals surface area contributed by atoms with Crippen molar-refractivity contribution in [2.75, 3.05) is 25.1 Å². The van der Waals surface area contributed by atoms with Gasteiger partial charge in [0.15, 0.2) is 0 Å². The van der Waals surface area contributed by atoms with Gasteiger partial charge in [0, 0.05) is 13.1 Å². The smallest absolute Gasteiger partial charge is 0.269 e. The summed E-state index contributed by atoms with van der Waals surface area (Å²) in [4.78, 5) is 15.5. The van der Waals surface area contributed by atoms with E-state index in [9.17, 15) is 13.2 Å². The molecule has 0 saturated heterocycles. The van der Waals surface area contributed by atoms with Crippen molar-refractivity contribution >= 4 is 21.7 Å². The number of aromatic nitrogens is 1. The molecule has 0 spiro atoms. The summed E-state index contributed by atoms with van der Waals surface area (Å²) in [6.07, 6.45) is 1.59. The number of nitrogens with two attached hydrogens (primary N) is 1. The first-order valence-electron chi connectivity index (χ1n) is 5.34. The number of hydrogen-bond acceptors (Lipinski definition) is 5. The zero-order valence-electron chi connectivity index (χ0n) is 10.0. The van der Waals surface area contributed by atoms with E-state index in [1.807, 2.05) is 0 Å². The van der Waals surface area contributed by atoms with Crippen molar-refractivity contribution in [1.29, 1.82) is 0 Å². The Morgan fingerprint density at radius 1 is 1.39 bits per heavy atom. The quantitative estimate of drug-likeness (QED) is 0.594. The topological polar surface area (TPSA) is 114 Å². The third-order valence-corrected chi connectivity index (χ3v) is 2.74. The lowest BCUT2D eigenvalue weighted by Crippen LogP contribution is -2.29. The van der Waals surface area contributed by atoms with E-state index in [2.05, 4.69) is 15.0 Å². The number of nitrogen functional groups attached to an aromatic ring is 1. The number of nitrogens with zero attached hydrogens (tertiary/aromatic N) is 1. The minimum Gasteiger partial charge on any atom is -0.384 e. The van der Waals surface area contributed by atoms with Gasteiger partial charge in [0.05, 0.1) is 6.26 Å². The highest BCUT2D eigenvalue weighted by Crippen LogP contribution is 1.99. The molecule has 1 heterocycles. The summed E-state index contributed by atoms with van der Waals surface area (Å²) in [6, 6.07) is 4.79. The first kappa shape index (κ1) is 14.4. The maximum absolute atomic E-state index is 11.6. The lowest BCUT2D eigenvalue weighted by Gasteiger charge is -2.05. The van der Waals surface area contributed by atoms with E-state index < -0.39 is 10.0 Å². The molecular weight excluding hydrogens is 256 g/mol. The maximum Gasteiger partial charge on any atom is 0.269 e. The van der Waals surface area contributed by atoms with E-state index in [1.54, 1.807) is 18.2 Å². The monoisotopic (exact) mass is 272 g/mol. The molecule has 0 aliphatic heterocycles. The maximum atomic E-state index is 11.6. The molecule has 0 fully saturated rings. The summed E-state index contributed by atoms with van der Waals surface area (Å²) in [5.74, 6) is -0.0527. The highest BCUT2D eigenvalue weighted by Gasteiger charge is 2.06. The zero-order valence-corrected chi connectivity index (χ0v) is 10.8. The summed E-state index contributed by atoms with van der Waals surface area (Å²) in [7, 11) is -3.17. The normalized spacial score (nSPS) is 11.2. The van der Waals surface area contributed by atoms with Gasteiger partial charge < -0.3 is 11.1 Å². The van der Waals surface area contributed by atoms with Crippen molar-refractivity contribution in [1.82, 2.24) is 15.0 Å². The summed E-state index contributed by atoms with van der Waals surface area (Å²) in [5, 5.41) is 2.62. The van der Waals surface area contributed by atoms with Gasteiger partial charge >= 0.3 is 0 Å². The standard InChI is InChI=1S/C10H16N4O3S/c1-18(16,17)13-7-3-6-12-10(15)8-4-2-5-9(11)14-8/h2,4-5,13H,3,6-7H2,1H3,(H2,11,14)(H,12,15). The van der Waals surface area contributed by atoms with Gasteiger partial charge in [0.25, 0.3) is 5.91 Å². The molecule has 7 nitrogen and oxygen atoms in total. The summed E-state index contributed by atoms with van der Waals surface area (Å²) >= 11 is 0. The van der Waals surface area contributed by atoms with Crippen LogP contribution in [-0.2, 0) is 10.0 Å². The van der Waals surface area contributed by atoms with Crippen molar-refractivity contribution in [3.8, 4) is 0 Å². The Hall–Kier alpha value is -1.67. The largest absolute Gasteiger partial charge is 0.384 e. The van der Waals surface area contributed by atoms with Gasteiger partial charge in [0.1, 0.15) is 11.5 Å². The van der Waals surface area contributed by atoms with Crippen LogP contribution < -0.4 is 15.8 Å². The molecule has 1 aromatic heterocycles. The van der Waals surface area contributed by atoms with E-state index >= 15 is 0 Å². The fraction of sp³-hybridized carbons (Fsp3) is 0.400. The first-order chi connectivity index (χ1) is 8.38. The lowest BCUT2D eigenvalue weighted by atomic mass is 10.3. The second-order valence-electron chi connectivity index (χ2n) is 3.72. The van der Waals surface area contributed by atoms with Gasteiger partial charge in [-0.3, -0.25) is 4.79 Å². The average Bonchev–Trinajstić information content (AvgIpc) is 2.26. The molecule has 0 atom stereocenters. The summed E-state index contributed by atoms with van der Waals surface area (Å²) in [5.41, 5.74) is 5.69. The molecule has 18 heavy (non-hydrogen) atoms. The van der Waals surface area contributed by atoms with Crippen molar-refractivity contribution in [2.24, 2.45) is 0 Å². The third kappa shape index (κ3) is 5.60. The molecule has 1 amide bonds. The minimum absolute atomic E-state index is 0.242. The van der Waals surface area contributed by atoms with Gasteiger partial charge in [-0.1, -0.05) is 6.07 Å². The Bertz CT molecular complexity index is 516. The van der Waals surface area contributed by atoms with Crippen LogP contribution in [0.25, 0.3) is 0 Å². The van der Waals surface area contributed by atoms with Crippen molar-refractivity contribution in [3.05, 3.63) is 23.9 Å². The Morgan fingerprint density at radius 2 is 2.11 bits per heavy atom. The SMILES string of the molecule is CS(=O)(=O)NCCCNC(=O)c1cccc(N)n1. The van der Waals surface area contributed by atoms with Gasteiger partial charge in [-0.15, -0.1) is 0 Å². The van der Waals surface area contributed by atoms with E-state index in [0.717, 1.165) is 6.26 Å². The van der Waals surface area contributed by atoms with Crippen LogP contribution in [0, 0.1) is 0 Å². The molecule has 0 aromatic carbocycles. The number of rotatable bonds is 6. The number of hydrogen-bond donors (Lipinski definition) is 3. The average molecular weight is 272 g/mol. The number of carbonyl (C=O) groups excluding carboxylic acids is 1. The van der Waals surface area contributed by atoms with E-state index in [-0.39, 0.29) is 24.0 Å². The Kier molecular flexibility index (Phi) is 5.05. The van der Waals surface area contributed by atoms with Crippen molar-refractivity contribution in [2.45, 2.75) is 6.42 Å². The second-order valence-corrected chi connectivity index (χ2v) is 5.56. The fourth-order valence-corrected chi connectivity index (χ4v) is 1.73. The molecule has 0 aliphatic carbocycles.